The maximum atomic E-state index is 12.0. The lowest BCUT2D eigenvalue weighted by atomic mass is 9.90. The molecule has 1 amide bonds. The van der Waals surface area contributed by atoms with E-state index in [9.17, 15) is 9.90 Å². The molecule has 100 valence electrons. The summed E-state index contributed by atoms with van der Waals surface area (Å²) in [5, 5.41) is 15.8. The van der Waals surface area contributed by atoms with Crippen molar-refractivity contribution < 1.29 is 9.90 Å². The maximum Gasteiger partial charge on any atom is 0.240 e. The van der Waals surface area contributed by atoms with Crippen LogP contribution in [0.25, 0.3) is 0 Å². The van der Waals surface area contributed by atoms with Gasteiger partial charge in [0.05, 0.1) is 11.6 Å². The highest BCUT2D eigenvalue weighted by Gasteiger charge is 2.33. The van der Waals surface area contributed by atoms with Gasteiger partial charge in [-0.25, -0.2) is 0 Å². The summed E-state index contributed by atoms with van der Waals surface area (Å²) in [4.78, 5) is 12.0. The Labute approximate surface area is 104 Å². The monoisotopic (exact) mass is 242 g/mol. The van der Waals surface area contributed by atoms with Crippen molar-refractivity contribution in [3.05, 3.63) is 0 Å². The minimum absolute atomic E-state index is 0.0631. The number of nitrogens with one attached hydrogen (secondary N) is 2. The highest BCUT2D eigenvalue weighted by atomic mass is 16.3. The first kappa shape index (κ1) is 14.5. The van der Waals surface area contributed by atoms with Crippen LogP contribution in [0.2, 0.25) is 0 Å². The van der Waals surface area contributed by atoms with Crippen LogP contribution in [0, 0.1) is 5.92 Å². The summed E-state index contributed by atoms with van der Waals surface area (Å²) in [6, 6.07) is 0. The third kappa shape index (κ3) is 4.28. The zero-order valence-corrected chi connectivity index (χ0v) is 11.3. The van der Waals surface area contributed by atoms with Crippen molar-refractivity contribution in [3.8, 4) is 0 Å². The molecule has 0 aromatic carbocycles. The molecule has 1 heterocycles. The lowest BCUT2D eigenvalue weighted by Crippen LogP contribution is -2.57. The Bertz CT molecular complexity index is 248. The van der Waals surface area contributed by atoms with E-state index in [2.05, 4.69) is 10.6 Å². The Balaban J connectivity index is 2.29. The molecule has 0 radical (unpaired) electrons. The van der Waals surface area contributed by atoms with Gasteiger partial charge in [-0.3, -0.25) is 4.79 Å². The van der Waals surface area contributed by atoms with Crippen LogP contribution in [-0.4, -0.2) is 35.7 Å². The van der Waals surface area contributed by atoms with Crippen LogP contribution < -0.4 is 10.6 Å². The van der Waals surface area contributed by atoms with E-state index >= 15 is 0 Å². The SMILES string of the molecule is CC(C)C(O)CCNC(=O)C1(C)CCCCN1. The van der Waals surface area contributed by atoms with Gasteiger partial charge in [0, 0.05) is 6.54 Å². The molecule has 0 spiro atoms. The number of piperidine rings is 1. The van der Waals surface area contributed by atoms with Crippen LogP contribution in [0.3, 0.4) is 0 Å². The second-order valence-corrected chi connectivity index (χ2v) is 5.57. The van der Waals surface area contributed by atoms with E-state index in [4.69, 9.17) is 0 Å². The lowest BCUT2D eigenvalue weighted by molar-refractivity contribution is -0.128. The molecule has 4 heteroatoms. The van der Waals surface area contributed by atoms with E-state index in [1.165, 1.54) is 0 Å². The van der Waals surface area contributed by atoms with Crippen LogP contribution in [0.15, 0.2) is 0 Å². The van der Waals surface area contributed by atoms with Gasteiger partial charge in [-0.05, 0) is 45.1 Å². The highest BCUT2D eigenvalue weighted by molar-refractivity contribution is 5.85. The highest BCUT2D eigenvalue weighted by Crippen LogP contribution is 2.18. The van der Waals surface area contributed by atoms with Gasteiger partial charge in [0.25, 0.3) is 0 Å². The fraction of sp³-hybridized carbons (Fsp3) is 0.923. The first-order chi connectivity index (χ1) is 7.96. The van der Waals surface area contributed by atoms with E-state index in [1.807, 2.05) is 20.8 Å². The summed E-state index contributed by atoms with van der Waals surface area (Å²) in [7, 11) is 0. The second-order valence-electron chi connectivity index (χ2n) is 5.57. The van der Waals surface area contributed by atoms with Crippen molar-refractivity contribution in [2.75, 3.05) is 13.1 Å². The Morgan fingerprint density at radius 1 is 1.47 bits per heavy atom. The maximum absolute atomic E-state index is 12.0. The van der Waals surface area contributed by atoms with Gasteiger partial charge >= 0.3 is 0 Å². The molecular weight excluding hydrogens is 216 g/mol. The summed E-state index contributed by atoms with van der Waals surface area (Å²) in [5.41, 5.74) is -0.416. The number of amides is 1. The van der Waals surface area contributed by atoms with E-state index < -0.39 is 5.54 Å². The topological polar surface area (TPSA) is 61.4 Å². The molecule has 3 N–H and O–H groups in total. The fourth-order valence-corrected chi connectivity index (χ4v) is 2.11. The number of hydrogen-bond donors (Lipinski definition) is 3. The molecule has 0 saturated carbocycles. The smallest absolute Gasteiger partial charge is 0.240 e. The van der Waals surface area contributed by atoms with Crippen molar-refractivity contribution in [3.63, 3.8) is 0 Å². The molecule has 1 saturated heterocycles. The summed E-state index contributed by atoms with van der Waals surface area (Å²) in [6.07, 6.45) is 3.44. The summed E-state index contributed by atoms with van der Waals surface area (Å²) < 4.78 is 0. The summed E-state index contributed by atoms with van der Waals surface area (Å²) in [6.45, 7) is 7.39. The Morgan fingerprint density at radius 3 is 2.71 bits per heavy atom. The lowest BCUT2D eigenvalue weighted by Gasteiger charge is -2.33. The molecule has 2 unspecified atom stereocenters. The van der Waals surface area contributed by atoms with Gasteiger partial charge in [0.15, 0.2) is 0 Å². The number of aliphatic hydroxyl groups is 1. The van der Waals surface area contributed by atoms with E-state index in [-0.39, 0.29) is 17.9 Å². The minimum Gasteiger partial charge on any atom is -0.393 e. The van der Waals surface area contributed by atoms with Gasteiger partial charge in [0.1, 0.15) is 0 Å². The minimum atomic E-state index is -0.416. The van der Waals surface area contributed by atoms with Crippen LogP contribution in [-0.2, 0) is 4.79 Å². The molecule has 1 aliphatic rings. The van der Waals surface area contributed by atoms with Crippen LogP contribution in [0.5, 0.6) is 0 Å². The largest absolute Gasteiger partial charge is 0.393 e. The molecule has 1 rings (SSSR count). The predicted octanol–water partition coefficient (Wildman–Crippen LogP) is 1.04. The zero-order chi connectivity index (χ0) is 12.9. The summed E-state index contributed by atoms with van der Waals surface area (Å²) >= 11 is 0. The standard InChI is InChI=1S/C13H26N2O2/c1-10(2)11(16)6-9-14-12(17)13(3)7-4-5-8-15-13/h10-11,15-16H,4-9H2,1-3H3,(H,14,17). The van der Waals surface area contributed by atoms with E-state index in [0.29, 0.717) is 13.0 Å². The van der Waals surface area contributed by atoms with Crippen molar-refractivity contribution in [2.45, 2.75) is 58.1 Å². The molecule has 4 nitrogen and oxygen atoms in total. The Kier molecular flexibility index (Phi) is 5.40. The molecule has 0 aromatic heterocycles. The Hall–Kier alpha value is -0.610. The Morgan fingerprint density at radius 2 is 2.18 bits per heavy atom. The van der Waals surface area contributed by atoms with Gasteiger partial charge in [0.2, 0.25) is 5.91 Å². The van der Waals surface area contributed by atoms with Crippen molar-refractivity contribution >= 4 is 5.91 Å². The number of carbonyl (C=O) groups excluding carboxylic acids is 1. The van der Waals surface area contributed by atoms with Gasteiger partial charge in [-0.15, -0.1) is 0 Å². The normalized spacial score (nSPS) is 26.9. The second kappa shape index (κ2) is 6.36. The predicted molar refractivity (Wildman–Crippen MR) is 68.7 cm³/mol. The van der Waals surface area contributed by atoms with Gasteiger partial charge < -0.3 is 15.7 Å². The molecule has 0 aromatic rings. The first-order valence-electron chi connectivity index (χ1n) is 6.67. The molecule has 2 atom stereocenters. The molecular formula is C13H26N2O2. The first-order valence-corrected chi connectivity index (χ1v) is 6.67. The van der Waals surface area contributed by atoms with E-state index in [1.54, 1.807) is 0 Å². The van der Waals surface area contributed by atoms with Crippen molar-refractivity contribution in [1.82, 2.24) is 10.6 Å². The number of carbonyl (C=O) groups is 1. The number of aliphatic hydroxyl groups excluding tert-OH is 1. The molecule has 1 aliphatic heterocycles. The fourth-order valence-electron chi connectivity index (χ4n) is 2.11. The quantitative estimate of drug-likeness (QED) is 0.675. The van der Waals surface area contributed by atoms with Crippen LogP contribution in [0.4, 0.5) is 0 Å². The summed E-state index contributed by atoms with van der Waals surface area (Å²) in [5.74, 6) is 0.309. The average Bonchev–Trinajstić information content (AvgIpc) is 2.29. The molecule has 17 heavy (non-hydrogen) atoms. The number of hydrogen-bond acceptors (Lipinski definition) is 3. The third-order valence-electron chi connectivity index (χ3n) is 3.62. The molecule has 0 bridgehead atoms. The van der Waals surface area contributed by atoms with Crippen molar-refractivity contribution in [1.29, 1.82) is 0 Å². The molecule has 0 aliphatic carbocycles. The van der Waals surface area contributed by atoms with Gasteiger partial charge in [-0.1, -0.05) is 13.8 Å². The van der Waals surface area contributed by atoms with E-state index in [0.717, 1.165) is 25.8 Å². The van der Waals surface area contributed by atoms with Crippen molar-refractivity contribution in [2.24, 2.45) is 5.92 Å². The van der Waals surface area contributed by atoms with Crippen LogP contribution >= 0.6 is 0 Å². The van der Waals surface area contributed by atoms with Gasteiger partial charge in [-0.2, -0.15) is 0 Å². The third-order valence-corrected chi connectivity index (χ3v) is 3.62. The zero-order valence-electron chi connectivity index (χ0n) is 11.3. The number of rotatable bonds is 5. The average molecular weight is 242 g/mol. The molecule has 1 fully saturated rings. The van der Waals surface area contributed by atoms with Crippen LogP contribution in [0.1, 0.15) is 46.5 Å².